The van der Waals surface area contributed by atoms with E-state index in [1.54, 1.807) is 36.4 Å². The van der Waals surface area contributed by atoms with E-state index in [1.807, 2.05) is 51.9 Å². The first-order valence-corrected chi connectivity index (χ1v) is 17.5. The molecular weight excluding hydrogens is 654 g/mol. The van der Waals surface area contributed by atoms with Crippen LogP contribution in [0.25, 0.3) is 0 Å². The van der Waals surface area contributed by atoms with Gasteiger partial charge in [0.2, 0.25) is 0 Å². The SMILES string of the molecule is O=C(c1ccc(N2CC3CC(C2)c2cccc(=O)n2C3)c(NS(=O)(=O)c2ccc(Br)cc2)c1)N1CCN(c2ccccc2)CC1. The minimum Gasteiger partial charge on any atom is -0.369 e. The van der Waals surface area contributed by atoms with Crippen LogP contribution < -0.4 is 20.1 Å². The van der Waals surface area contributed by atoms with Gasteiger partial charge in [-0.2, -0.15) is 0 Å². The normalized spacial score (nSPS) is 19.6. The molecule has 4 aromatic rings. The predicted octanol–water partition coefficient (Wildman–Crippen LogP) is 5.00. The second kappa shape index (κ2) is 12.0. The smallest absolute Gasteiger partial charge is 0.261 e. The minimum absolute atomic E-state index is 0.0195. The monoisotopic (exact) mass is 687 g/mol. The summed E-state index contributed by atoms with van der Waals surface area (Å²) in [7, 11) is -3.94. The first-order valence-electron chi connectivity index (χ1n) is 15.2. The van der Waals surface area contributed by atoms with Crippen molar-refractivity contribution in [2.75, 3.05) is 53.8 Å². The standard InChI is InChI=1S/C34H34BrN5O4S/c35-27-10-12-29(13-11-27)45(43,44)36-30-20-25(34(42)38-17-15-37(16-18-38)28-5-2-1-3-6-28)9-14-32(30)39-21-24-19-26(23-39)31-7-4-8-33(41)40(31)22-24/h1-14,20,24,26,36H,15-19,21-23H2. The third kappa shape index (κ3) is 5.98. The summed E-state index contributed by atoms with van der Waals surface area (Å²) in [5, 5.41) is 0. The molecule has 0 radical (unpaired) electrons. The van der Waals surface area contributed by atoms with Crippen molar-refractivity contribution in [1.29, 1.82) is 0 Å². The Morgan fingerprint density at radius 2 is 1.56 bits per heavy atom. The fourth-order valence-corrected chi connectivity index (χ4v) is 8.26. The summed E-state index contributed by atoms with van der Waals surface area (Å²) in [5.74, 6) is 0.265. The summed E-state index contributed by atoms with van der Waals surface area (Å²) in [6.07, 6.45) is 0.978. The summed E-state index contributed by atoms with van der Waals surface area (Å²) >= 11 is 3.37. The minimum atomic E-state index is -3.94. The second-order valence-electron chi connectivity index (χ2n) is 12.0. The first-order chi connectivity index (χ1) is 21.7. The van der Waals surface area contributed by atoms with Crippen LogP contribution in [0.5, 0.6) is 0 Å². The van der Waals surface area contributed by atoms with Gasteiger partial charge in [0, 0.05) is 79.2 Å². The van der Waals surface area contributed by atoms with Crippen LogP contribution in [0.1, 0.15) is 28.4 Å². The summed E-state index contributed by atoms with van der Waals surface area (Å²) in [4.78, 5) is 32.8. The van der Waals surface area contributed by atoms with Gasteiger partial charge in [0.15, 0.2) is 0 Å². The van der Waals surface area contributed by atoms with E-state index in [9.17, 15) is 18.0 Å². The van der Waals surface area contributed by atoms with Gasteiger partial charge in [-0.15, -0.1) is 0 Å². The maximum absolute atomic E-state index is 13.8. The Labute approximate surface area is 271 Å². The van der Waals surface area contributed by atoms with Crippen LogP contribution >= 0.6 is 15.9 Å². The number of nitrogens with one attached hydrogen (secondary N) is 1. The van der Waals surface area contributed by atoms with E-state index in [-0.39, 0.29) is 28.2 Å². The number of carbonyl (C=O) groups excluding carboxylic acids is 1. The van der Waals surface area contributed by atoms with Crippen molar-refractivity contribution >= 4 is 48.9 Å². The lowest BCUT2D eigenvalue weighted by molar-refractivity contribution is 0.0747. The number of anilines is 3. The molecule has 0 saturated carbocycles. The van der Waals surface area contributed by atoms with Crippen LogP contribution in [0.2, 0.25) is 0 Å². The van der Waals surface area contributed by atoms with Crippen molar-refractivity contribution in [2.45, 2.75) is 23.8 Å². The van der Waals surface area contributed by atoms with Crippen LogP contribution in [-0.4, -0.2) is 63.1 Å². The Bertz CT molecular complexity index is 1890. The predicted molar refractivity (Wildman–Crippen MR) is 180 cm³/mol. The molecule has 9 nitrogen and oxygen atoms in total. The van der Waals surface area contributed by atoms with E-state index in [0.29, 0.717) is 44.0 Å². The Kier molecular flexibility index (Phi) is 7.91. The summed E-state index contributed by atoms with van der Waals surface area (Å²) in [6, 6.07) is 27.4. The van der Waals surface area contributed by atoms with Crippen molar-refractivity contribution in [3.8, 4) is 0 Å². The van der Waals surface area contributed by atoms with Crippen molar-refractivity contribution in [3.63, 3.8) is 0 Å². The molecule has 0 aliphatic carbocycles. The number of carbonyl (C=O) groups is 1. The quantitative estimate of drug-likeness (QED) is 0.307. The van der Waals surface area contributed by atoms with E-state index >= 15 is 0 Å². The molecule has 3 aliphatic heterocycles. The van der Waals surface area contributed by atoms with Gasteiger partial charge in [0.25, 0.3) is 21.5 Å². The average Bonchev–Trinajstić information content (AvgIpc) is 3.05. The number of para-hydroxylation sites is 1. The highest BCUT2D eigenvalue weighted by atomic mass is 79.9. The second-order valence-corrected chi connectivity index (χ2v) is 14.6. The molecular formula is C34H34BrN5O4S. The van der Waals surface area contributed by atoms with Gasteiger partial charge >= 0.3 is 0 Å². The fourth-order valence-electron chi connectivity index (χ4n) is 6.93. The van der Waals surface area contributed by atoms with Crippen molar-refractivity contribution in [2.24, 2.45) is 5.92 Å². The molecule has 0 spiro atoms. The third-order valence-corrected chi connectivity index (χ3v) is 11.0. The molecule has 232 valence electrons. The van der Waals surface area contributed by atoms with Crippen LogP contribution in [0.3, 0.4) is 0 Å². The molecule has 1 amide bonds. The lowest BCUT2D eigenvalue weighted by Gasteiger charge is -2.44. The highest BCUT2D eigenvalue weighted by molar-refractivity contribution is 9.10. The number of pyridine rings is 1. The van der Waals surface area contributed by atoms with Crippen LogP contribution in [0, 0.1) is 5.92 Å². The molecule has 45 heavy (non-hydrogen) atoms. The molecule has 2 fully saturated rings. The molecule has 3 aliphatic rings. The zero-order chi connectivity index (χ0) is 31.1. The number of piperidine rings is 1. The summed E-state index contributed by atoms with van der Waals surface area (Å²) in [6.45, 7) is 4.54. The Morgan fingerprint density at radius 1 is 0.800 bits per heavy atom. The number of nitrogens with zero attached hydrogens (tertiary/aromatic N) is 4. The maximum Gasteiger partial charge on any atom is 0.261 e. The summed E-state index contributed by atoms with van der Waals surface area (Å²) < 4.78 is 32.7. The number of fused-ring (bicyclic) bond motifs is 4. The Hall–Kier alpha value is -4.09. The fraction of sp³-hybridized carbons (Fsp3) is 0.294. The number of benzene rings is 3. The van der Waals surface area contributed by atoms with Crippen molar-refractivity contribution < 1.29 is 13.2 Å². The van der Waals surface area contributed by atoms with Crippen molar-refractivity contribution in [1.82, 2.24) is 9.47 Å². The van der Waals surface area contributed by atoms with Crippen molar-refractivity contribution in [3.05, 3.63) is 117 Å². The number of rotatable bonds is 6. The number of sulfonamides is 1. The molecule has 2 atom stereocenters. The molecule has 2 unspecified atom stereocenters. The number of piperazine rings is 1. The molecule has 3 aromatic carbocycles. The van der Waals surface area contributed by atoms with Gasteiger partial charge < -0.3 is 19.3 Å². The topological polar surface area (TPSA) is 95.0 Å². The highest BCUT2D eigenvalue weighted by Gasteiger charge is 2.36. The lowest BCUT2D eigenvalue weighted by atomic mass is 9.83. The third-order valence-electron chi connectivity index (χ3n) is 9.12. The number of hydrogen-bond acceptors (Lipinski definition) is 6. The van der Waals surface area contributed by atoms with Crippen LogP contribution in [-0.2, 0) is 16.6 Å². The van der Waals surface area contributed by atoms with Gasteiger partial charge in [-0.1, -0.05) is 40.2 Å². The molecule has 4 heterocycles. The number of hydrogen-bond donors (Lipinski definition) is 1. The molecule has 2 saturated heterocycles. The lowest BCUT2D eigenvalue weighted by Crippen LogP contribution is -2.49. The van der Waals surface area contributed by atoms with Crippen LogP contribution in [0.4, 0.5) is 17.1 Å². The Morgan fingerprint density at radius 3 is 2.31 bits per heavy atom. The molecule has 1 N–H and O–H groups in total. The molecule has 7 rings (SSSR count). The molecule has 11 heteroatoms. The zero-order valence-corrected chi connectivity index (χ0v) is 27.1. The van der Waals surface area contributed by atoms with Gasteiger partial charge in [0.1, 0.15) is 0 Å². The number of halogens is 1. The molecule has 2 bridgehead atoms. The van der Waals surface area contributed by atoms with E-state index in [4.69, 9.17) is 0 Å². The number of amides is 1. The van der Waals surface area contributed by atoms with E-state index in [1.165, 1.54) is 0 Å². The van der Waals surface area contributed by atoms with Gasteiger partial charge in [-0.05, 0) is 73.0 Å². The maximum atomic E-state index is 13.8. The zero-order valence-electron chi connectivity index (χ0n) is 24.7. The van der Waals surface area contributed by atoms with Gasteiger partial charge in [-0.3, -0.25) is 14.3 Å². The largest absolute Gasteiger partial charge is 0.369 e. The summed E-state index contributed by atoms with van der Waals surface area (Å²) in [5.41, 5.74) is 3.71. The van der Waals surface area contributed by atoms with Crippen LogP contribution in [0.15, 0.2) is 105 Å². The highest BCUT2D eigenvalue weighted by Crippen LogP contribution is 2.40. The molecule has 1 aromatic heterocycles. The van der Waals surface area contributed by atoms with E-state index in [0.717, 1.165) is 41.1 Å². The van der Waals surface area contributed by atoms with Gasteiger partial charge in [-0.25, -0.2) is 8.42 Å². The Balaban J connectivity index is 1.18. The van der Waals surface area contributed by atoms with E-state index in [2.05, 4.69) is 42.6 Å². The van der Waals surface area contributed by atoms with E-state index < -0.39 is 10.0 Å². The number of aromatic nitrogens is 1. The average molecular weight is 689 g/mol. The first kappa shape index (κ1) is 29.6. The van der Waals surface area contributed by atoms with Gasteiger partial charge in [0.05, 0.1) is 16.3 Å².